The molecule has 20 heavy (non-hydrogen) atoms. The molecule has 0 bridgehead atoms. The highest BCUT2D eigenvalue weighted by atomic mass is 35.5. The largest absolute Gasteiger partial charge is 0.396 e. The topological polar surface area (TPSA) is 66.4 Å². The second kappa shape index (κ2) is 6.85. The van der Waals surface area contributed by atoms with Crippen LogP contribution in [0.5, 0.6) is 0 Å². The minimum atomic E-state index is -3.74. The van der Waals surface area contributed by atoms with Crippen LogP contribution in [0.15, 0.2) is 23.1 Å². The highest BCUT2D eigenvalue weighted by Gasteiger charge is 2.19. The van der Waals surface area contributed by atoms with Crippen LogP contribution in [-0.4, -0.2) is 26.7 Å². The number of halogens is 2. The van der Waals surface area contributed by atoms with Crippen molar-refractivity contribution in [1.82, 2.24) is 4.72 Å². The smallest absolute Gasteiger partial charge is 0.242 e. The van der Waals surface area contributed by atoms with Gasteiger partial charge in [0.1, 0.15) is 10.7 Å². The van der Waals surface area contributed by atoms with Crippen LogP contribution in [0.4, 0.5) is 4.39 Å². The number of aliphatic hydroxyl groups excluding tert-OH is 1. The van der Waals surface area contributed by atoms with Gasteiger partial charge < -0.3 is 5.11 Å². The van der Waals surface area contributed by atoms with Crippen molar-refractivity contribution < 1.29 is 17.9 Å². The van der Waals surface area contributed by atoms with Crippen molar-refractivity contribution in [3.8, 4) is 0 Å². The molecule has 114 valence electrons. The third-order valence-electron chi connectivity index (χ3n) is 2.93. The van der Waals surface area contributed by atoms with Gasteiger partial charge in [0.25, 0.3) is 0 Å². The van der Waals surface area contributed by atoms with E-state index in [1.54, 1.807) is 0 Å². The first-order chi connectivity index (χ1) is 9.18. The van der Waals surface area contributed by atoms with Gasteiger partial charge in [-0.3, -0.25) is 0 Å². The van der Waals surface area contributed by atoms with E-state index in [0.29, 0.717) is 12.8 Å². The van der Waals surface area contributed by atoms with E-state index < -0.39 is 15.8 Å². The first-order valence-corrected chi connectivity index (χ1v) is 8.10. The molecule has 2 N–H and O–H groups in total. The maximum Gasteiger partial charge on any atom is 0.242 e. The van der Waals surface area contributed by atoms with Crippen molar-refractivity contribution in [2.24, 2.45) is 5.41 Å². The molecule has 0 fully saturated rings. The molecule has 1 aromatic rings. The zero-order chi connectivity index (χ0) is 15.4. The summed E-state index contributed by atoms with van der Waals surface area (Å²) in [6, 6.07) is 3.15. The lowest BCUT2D eigenvalue weighted by Gasteiger charge is -2.21. The second-order valence-corrected chi connectivity index (χ2v) is 7.54. The lowest BCUT2D eigenvalue weighted by molar-refractivity contribution is 0.148. The van der Waals surface area contributed by atoms with Crippen molar-refractivity contribution in [1.29, 1.82) is 0 Å². The van der Waals surface area contributed by atoms with Crippen molar-refractivity contribution in [2.75, 3.05) is 13.2 Å². The molecule has 1 rings (SSSR count). The predicted octanol–water partition coefficient (Wildman–Crippen LogP) is 2.56. The molecule has 0 saturated heterocycles. The lowest BCUT2D eigenvalue weighted by atomic mass is 9.89. The van der Waals surface area contributed by atoms with Crippen LogP contribution in [0, 0.1) is 11.2 Å². The standard InChI is InChI=1S/C13H19ClFNO3S/c1-13(2,9-17)6-3-7-16-20(18,19)12-5-4-10(15)8-11(12)14/h4-5,8,16-17H,3,6-7,9H2,1-2H3. The van der Waals surface area contributed by atoms with Gasteiger partial charge in [-0.05, 0) is 36.5 Å². The molecule has 0 spiro atoms. The maximum atomic E-state index is 12.9. The van der Waals surface area contributed by atoms with Crippen LogP contribution in [0.25, 0.3) is 0 Å². The van der Waals surface area contributed by atoms with E-state index in [1.165, 1.54) is 0 Å². The Morgan fingerprint density at radius 3 is 2.60 bits per heavy atom. The van der Waals surface area contributed by atoms with E-state index in [9.17, 15) is 12.8 Å². The quantitative estimate of drug-likeness (QED) is 0.758. The average molecular weight is 324 g/mol. The van der Waals surface area contributed by atoms with Crippen molar-refractivity contribution >= 4 is 21.6 Å². The first-order valence-electron chi connectivity index (χ1n) is 6.23. The van der Waals surface area contributed by atoms with Gasteiger partial charge in [-0.15, -0.1) is 0 Å². The third kappa shape index (κ3) is 5.01. The van der Waals surface area contributed by atoms with Gasteiger partial charge in [0.15, 0.2) is 0 Å². The number of rotatable bonds is 7. The molecule has 0 aliphatic rings. The first kappa shape index (κ1) is 17.4. The molecule has 7 heteroatoms. The maximum absolute atomic E-state index is 12.9. The molecular formula is C13H19ClFNO3S. The van der Waals surface area contributed by atoms with Gasteiger partial charge in [0, 0.05) is 13.2 Å². The van der Waals surface area contributed by atoms with Gasteiger partial charge in [0.2, 0.25) is 10.0 Å². The summed E-state index contributed by atoms with van der Waals surface area (Å²) in [6.45, 7) is 4.08. The highest BCUT2D eigenvalue weighted by Crippen LogP contribution is 2.23. The molecule has 0 atom stereocenters. The Kier molecular flexibility index (Phi) is 5.94. The fourth-order valence-electron chi connectivity index (χ4n) is 1.62. The molecule has 0 radical (unpaired) electrons. The minimum absolute atomic E-state index is 0.0452. The monoisotopic (exact) mass is 323 g/mol. The fourth-order valence-corrected chi connectivity index (χ4v) is 3.23. The van der Waals surface area contributed by atoms with Crippen LogP contribution < -0.4 is 4.72 Å². The number of aliphatic hydroxyl groups is 1. The Morgan fingerprint density at radius 1 is 1.40 bits per heavy atom. The fraction of sp³-hybridized carbons (Fsp3) is 0.538. The number of benzene rings is 1. The Balaban J connectivity index is 2.63. The number of nitrogens with one attached hydrogen (secondary N) is 1. The molecule has 0 aliphatic heterocycles. The van der Waals surface area contributed by atoms with E-state index in [0.717, 1.165) is 18.2 Å². The van der Waals surface area contributed by atoms with Crippen molar-refractivity contribution in [3.63, 3.8) is 0 Å². The van der Waals surface area contributed by atoms with E-state index in [2.05, 4.69) is 4.72 Å². The van der Waals surface area contributed by atoms with Crippen LogP contribution in [0.3, 0.4) is 0 Å². The van der Waals surface area contributed by atoms with Gasteiger partial charge in [0.05, 0.1) is 5.02 Å². The third-order valence-corrected chi connectivity index (χ3v) is 4.88. The van der Waals surface area contributed by atoms with E-state index in [-0.39, 0.29) is 28.5 Å². The van der Waals surface area contributed by atoms with Crippen molar-refractivity contribution in [2.45, 2.75) is 31.6 Å². The molecule has 1 aromatic carbocycles. The Bertz CT molecular complexity index is 561. The number of hydrogen-bond acceptors (Lipinski definition) is 3. The molecule has 0 aromatic heterocycles. The summed E-state index contributed by atoms with van der Waals surface area (Å²) in [5.74, 6) is -0.585. The van der Waals surface area contributed by atoms with E-state index in [4.69, 9.17) is 16.7 Å². The predicted molar refractivity (Wildman–Crippen MR) is 76.7 cm³/mol. The average Bonchev–Trinajstić information content (AvgIpc) is 2.34. The summed E-state index contributed by atoms with van der Waals surface area (Å²) in [5, 5.41) is 8.96. The Labute approximate surface area is 124 Å². The van der Waals surface area contributed by atoms with Crippen LogP contribution in [0.1, 0.15) is 26.7 Å². The molecule has 0 unspecified atom stereocenters. The van der Waals surface area contributed by atoms with Crippen LogP contribution in [-0.2, 0) is 10.0 Å². The van der Waals surface area contributed by atoms with Gasteiger partial charge in [-0.25, -0.2) is 17.5 Å². The SMILES string of the molecule is CC(C)(CO)CCCNS(=O)(=O)c1ccc(F)cc1Cl. The van der Waals surface area contributed by atoms with Crippen LogP contribution in [0.2, 0.25) is 5.02 Å². The summed E-state index contributed by atoms with van der Waals surface area (Å²) in [5.41, 5.74) is -0.237. The molecule has 4 nitrogen and oxygen atoms in total. The molecular weight excluding hydrogens is 305 g/mol. The zero-order valence-corrected chi connectivity index (χ0v) is 13.1. The molecule has 0 aliphatic carbocycles. The second-order valence-electron chi connectivity index (χ2n) is 5.40. The zero-order valence-electron chi connectivity index (χ0n) is 11.5. The summed E-state index contributed by atoms with van der Waals surface area (Å²) >= 11 is 5.73. The summed E-state index contributed by atoms with van der Waals surface area (Å²) in [6.07, 6.45) is 1.27. The normalized spacial score (nSPS) is 12.7. The number of sulfonamides is 1. The summed E-state index contributed by atoms with van der Waals surface area (Å²) in [4.78, 5) is -0.137. The van der Waals surface area contributed by atoms with Gasteiger partial charge >= 0.3 is 0 Å². The van der Waals surface area contributed by atoms with Crippen LogP contribution >= 0.6 is 11.6 Å². The highest BCUT2D eigenvalue weighted by molar-refractivity contribution is 7.89. The molecule has 0 amide bonds. The lowest BCUT2D eigenvalue weighted by Crippen LogP contribution is -2.27. The summed E-state index contributed by atoms with van der Waals surface area (Å²) in [7, 11) is -3.74. The van der Waals surface area contributed by atoms with Gasteiger partial charge in [-0.2, -0.15) is 0 Å². The molecule has 0 saturated carbocycles. The minimum Gasteiger partial charge on any atom is -0.396 e. The number of hydrogen-bond donors (Lipinski definition) is 2. The van der Waals surface area contributed by atoms with E-state index in [1.807, 2.05) is 13.8 Å². The Morgan fingerprint density at radius 2 is 2.05 bits per heavy atom. The van der Waals surface area contributed by atoms with Crippen molar-refractivity contribution in [3.05, 3.63) is 29.0 Å². The Hall–Kier alpha value is -0.690. The van der Waals surface area contributed by atoms with Gasteiger partial charge in [-0.1, -0.05) is 25.4 Å². The van der Waals surface area contributed by atoms with E-state index >= 15 is 0 Å². The molecule has 0 heterocycles. The summed E-state index contributed by atoms with van der Waals surface area (Å²) < 4.78 is 39.3.